The van der Waals surface area contributed by atoms with Crippen molar-refractivity contribution in [2.24, 2.45) is 5.10 Å². The van der Waals surface area contributed by atoms with Gasteiger partial charge in [-0.15, -0.1) is 0 Å². The molecule has 3 aromatic carbocycles. The number of nitro benzene ring substituents is 1. The summed E-state index contributed by atoms with van der Waals surface area (Å²) >= 11 is 1.30. The quantitative estimate of drug-likeness (QED) is 0.179. The van der Waals surface area contributed by atoms with E-state index in [0.717, 1.165) is 4.70 Å². The van der Waals surface area contributed by atoms with E-state index in [1.165, 1.54) is 34.7 Å². The van der Waals surface area contributed by atoms with Gasteiger partial charge in [-0.05, 0) is 74.0 Å². The van der Waals surface area contributed by atoms with Gasteiger partial charge in [0, 0.05) is 17.7 Å². The van der Waals surface area contributed by atoms with Crippen LogP contribution in [0.25, 0.3) is 10.2 Å². The SMILES string of the molecule is COc1ccc2nc(N(/N=C/c3ccc([N+](=O)[O-])cc3)C(=O)c3ccc(OC(C)C)cc3)sc2c1. The number of nitrogens with zero attached hydrogens (tertiary/aromatic N) is 4. The Balaban J connectivity index is 1.69. The summed E-state index contributed by atoms with van der Waals surface area (Å²) in [5.74, 6) is 0.954. The number of hydrazone groups is 1. The Labute approximate surface area is 205 Å². The normalized spacial score (nSPS) is 11.2. The summed E-state index contributed by atoms with van der Waals surface area (Å²) < 4.78 is 11.8. The van der Waals surface area contributed by atoms with Gasteiger partial charge < -0.3 is 9.47 Å². The summed E-state index contributed by atoms with van der Waals surface area (Å²) in [6.07, 6.45) is 1.48. The molecule has 0 atom stereocenters. The number of hydrogen-bond acceptors (Lipinski definition) is 8. The van der Waals surface area contributed by atoms with Gasteiger partial charge in [-0.1, -0.05) is 11.3 Å². The third-order valence-corrected chi connectivity index (χ3v) is 5.85. The number of thiazole rings is 1. The number of fused-ring (bicyclic) bond motifs is 1. The van der Waals surface area contributed by atoms with Gasteiger partial charge >= 0.3 is 0 Å². The summed E-state index contributed by atoms with van der Waals surface area (Å²) in [6, 6.07) is 18.1. The van der Waals surface area contributed by atoms with Gasteiger partial charge in [0.15, 0.2) is 0 Å². The molecule has 0 saturated heterocycles. The summed E-state index contributed by atoms with van der Waals surface area (Å²) in [5.41, 5.74) is 1.67. The molecule has 0 aliphatic heterocycles. The highest BCUT2D eigenvalue weighted by Gasteiger charge is 2.21. The van der Waals surface area contributed by atoms with Crippen molar-refractivity contribution in [2.75, 3.05) is 12.1 Å². The topological polar surface area (TPSA) is 107 Å². The zero-order valence-corrected chi connectivity index (χ0v) is 20.1. The standard InChI is InChI=1S/C25H22N4O5S/c1-16(2)34-20-10-6-18(7-11-20)24(30)28(26-15-17-4-8-19(9-5-17)29(31)32)25-27-22-13-12-21(33-3)14-23(22)35-25/h4-16H,1-3H3/b26-15+. The highest BCUT2D eigenvalue weighted by atomic mass is 32.1. The Kier molecular flexibility index (Phi) is 7.02. The van der Waals surface area contributed by atoms with Crippen molar-refractivity contribution in [3.63, 3.8) is 0 Å². The lowest BCUT2D eigenvalue weighted by atomic mass is 10.2. The second kappa shape index (κ2) is 10.3. The molecule has 1 heterocycles. The number of nitro groups is 1. The first-order chi connectivity index (χ1) is 16.8. The number of ether oxygens (including phenoxy) is 2. The molecule has 4 aromatic rings. The van der Waals surface area contributed by atoms with Crippen molar-refractivity contribution >= 4 is 44.5 Å². The number of carbonyl (C=O) groups excluding carboxylic acids is 1. The average molecular weight is 491 g/mol. The minimum absolute atomic E-state index is 0.0130. The molecule has 0 bridgehead atoms. The van der Waals surface area contributed by atoms with E-state index in [9.17, 15) is 14.9 Å². The molecule has 0 N–H and O–H groups in total. The van der Waals surface area contributed by atoms with Crippen LogP contribution in [0, 0.1) is 10.1 Å². The molecule has 0 radical (unpaired) electrons. The molecule has 0 saturated carbocycles. The molecule has 0 aliphatic carbocycles. The molecule has 0 spiro atoms. The van der Waals surface area contributed by atoms with E-state index in [0.29, 0.717) is 33.3 Å². The maximum atomic E-state index is 13.5. The number of methoxy groups -OCH3 is 1. The van der Waals surface area contributed by atoms with Crippen LogP contribution in [-0.2, 0) is 0 Å². The van der Waals surface area contributed by atoms with Gasteiger partial charge in [0.2, 0.25) is 5.13 Å². The highest BCUT2D eigenvalue weighted by Crippen LogP contribution is 2.32. The van der Waals surface area contributed by atoms with Gasteiger partial charge in [-0.3, -0.25) is 14.9 Å². The van der Waals surface area contributed by atoms with E-state index in [4.69, 9.17) is 9.47 Å². The number of amides is 1. The number of hydrogen-bond donors (Lipinski definition) is 0. The Bertz CT molecular complexity index is 1380. The zero-order valence-electron chi connectivity index (χ0n) is 19.2. The fraction of sp³-hybridized carbons (Fsp3) is 0.160. The Morgan fingerprint density at radius 3 is 2.40 bits per heavy atom. The lowest BCUT2D eigenvalue weighted by Gasteiger charge is -2.15. The van der Waals surface area contributed by atoms with Crippen LogP contribution in [0.15, 0.2) is 71.8 Å². The predicted molar refractivity (Wildman–Crippen MR) is 136 cm³/mol. The van der Waals surface area contributed by atoms with E-state index >= 15 is 0 Å². The van der Waals surface area contributed by atoms with Crippen LogP contribution in [0.4, 0.5) is 10.8 Å². The molecule has 1 amide bonds. The van der Waals surface area contributed by atoms with Crippen LogP contribution in [0.3, 0.4) is 0 Å². The molecule has 35 heavy (non-hydrogen) atoms. The van der Waals surface area contributed by atoms with Gasteiger partial charge in [-0.25, -0.2) is 4.98 Å². The molecular formula is C25H22N4O5S. The predicted octanol–water partition coefficient (Wildman–Crippen LogP) is 5.68. The summed E-state index contributed by atoms with van der Waals surface area (Å²) in [5, 5.41) is 16.9. The maximum absolute atomic E-state index is 13.5. The Morgan fingerprint density at radius 1 is 1.09 bits per heavy atom. The minimum atomic E-state index is -0.473. The average Bonchev–Trinajstić information content (AvgIpc) is 3.27. The van der Waals surface area contributed by atoms with Crippen LogP contribution < -0.4 is 14.5 Å². The number of anilines is 1. The van der Waals surface area contributed by atoms with Crippen LogP contribution in [0.5, 0.6) is 11.5 Å². The van der Waals surface area contributed by atoms with Crippen LogP contribution in [0.1, 0.15) is 29.8 Å². The van der Waals surface area contributed by atoms with Crippen molar-refractivity contribution in [2.45, 2.75) is 20.0 Å². The summed E-state index contributed by atoms with van der Waals surface area (Å²) in [7, 11) is 1.58. The second-order valence-electron chi connectivity index (χ2n) is 7.73. The zero-order chi connectivity index (χ0) is 24.9. The van der Waals surface area contributed by atoms with E-state index in [-0.39, 0.29) is 17.7 Å². The summed E-state index contributed by atoms with van der Waals surface area (Å²) in [6.45, 7) is 3.85. The molecule has 4 rings (SSSR count). The molecular weight excluding hydrogens is 468 g/mol. The fourth-order valence-electron chi connectivity index (χ4n) is 3.18. The first kappa shape index (κ1) is 23.8. The number of aromatic nitrogens is 1. The van der Waals surface area contributed by atoms with Gasteiger partial charge in [0.25, 0.3) is 11.6 Å². The van der Waals surface area contributed by atoms with Gasteiger partial charge in [0.05, 0.1) is 34.6 Å². The van der Waals surface area contributed by atoms with E-state index in [1.54, 1.807) is 49.6 Å². The number of non-ortho nitro benzene ring substituents is 1. The molecule has 0 aliphatic rings. The number of rotatable bonds is 8. The lowest BCUT2D eigenvalue weighted by molar-refractivity contribution is -0.384. The van der Waals surface area contributed by atoms with Gasteiger partial charge in [-0.2, -0.15) is 10.1 Å². The monoisotopic (exact) mass is 490 g/mol. The van der Waals surface area contributed by atoms with Crippen molar-refractivity contribution < 1.29 is 19.2 Å². The molecule has 10 heteroatoms. The minimum Gasteiger partial charge on any atom is -0.497 e. The smallest absolute Gasteiger partial charge is 0.280 e. The second-order valence-corrected chi connectivity index (χ2v) is 8.74. The van der Waals surface area contributed by atoms with Crippen LogP contribution >= 0.6 is 11.3 Å². The largest absolute Gasteiger partial charge is 0.497 e. The van der Waals surface area contributed by atoms with Crippen LogP contribution in [-0.4, -0.2) is 35.2 Å². The number of carbonyl (C=O) groups is 1. The van der Waals surface area contributed by atoms with E-state index < -0.39 is 4.92 Å². The third kappa shape index (κ3) is 5.61. The highest BCUT2D eigenvalue weighted by molar-refractivity contribution is 7.22. The third-order valence-electron chi connectivity index (χ3n) is 4.86. The molecule has 1 aromatic heterocycles. The Hall–Kier alpha value is -4.31. The Morgan fingerprint density at radius 2 is 1.77 bits per heavy atom. The van der Waals surface area contributed by atoms with Crippen molar-refractivity contribution in [1.82, 2.24) is 4.98 Å². The first-order valence-electron chi connectivity index (χ1n) is 10.7. The van der Waals surface area contributed by atoms with Crippen LogP contribution in [0.2, 0.25) is 0 Å². The molecule has 9 nitrogen and oxygen atoms in total. The van der Waals surface area contributed by atoms with Crippen molar-refractivity contribution in [3.8, 4) is 11.5 Å². The fourth-order valence-corrected chi connectivity index (χ4v) is 4.13. The lowest BCUT2D eigenvalue weighted by Crippen LogP contribution is -2.25. The maximum Gasteiger partial charge on any atom is 0.280 e. The van der Waals surface area contributed by atoms with E-state index in [1.807, 2.05) is 26.0 Å². The molecule has 0 fully saturated rings. The molecule has 178 valence electrons. The van der Waals surface area contributed by atoms with Crippen molar-refractivity contribution in [1.29, 1.82) is 0 Å². The van der Waals surface area contributed by atoms with E-state index in [2.05, 4.69) is 10.1 Å². The first-order valence-corrected chi connectivity index (χ1v) is 11.5. The number of benzene rings is 3. The van der Waals surface area contributed by atoms with Gasteiger partial charge in [0.1, 0.15) is 11.5 Å². The summed E-state index contributed by atoms with van der Waals surface area (Å²) in [4.78, 5) is 28.5. The van der Waals surface area contributed by atoms with Crippen molar-refractivity contribution in [3.05, 3.63) is 88.0 Å². The molecule has 0 unspecified atom stereocenters.